The van der Waals surface area contributed by atoms with Crippen LogP contribution in [0.3, 0.4) is 0 Å². The summed E-state index contributed by atoms with van der Waals surface area (Å²) in [7, 11) is 0. The molecule has 0 saturated carbocycles. The summed E-state index contributed by atoms with van der Waals surface area (Å²) < 4.78 is 5.07. The van der Waals surface area contributed by atoms with Gasteiger partial charge in [0.1, 0.15) is 11.6 Å². The third-order valence-corrected chi connectivity index (χ3v) is 2.74. The maximum absolute atomic E-state index is 12.0. The van der Waals surface area contributed by atoms with Gasteiger partial charge in [0.05, 0.1) is 0 Å². The standard InChI is InChI=1S/C14H22N2O6/c1-5-6-9(15-13(20)21-14(2,3)4)12(19)22-16-10(17)7-8-11(16)18/h9H,5-8H2,1-4H3,(H,15,20). The van der Waals surface area contributed by atoms with Crippen LogP contribution in [0.1, 0.15) is 53.4 Å². The number of hydrogen-bond donors (Lipinski definition) is 1. The molecule has 124 valence electrons. The van der Waals surface area contributed by atoms with E-state index in [4.69, 9.17) is 9.57 Å². The molecule has 0 radical (unpaired) electrons. The lowest BCUT2D eigenvalue weighted by molar-refractivity contribution is -0.199. The number of rotatable bonds is 5. The second-order valence-electron chi connectivity index (χ2n) is 5.98. The number of hydroxylamine groups is 2. The molecule has 0 spiro atoms. The van der Waals surface area contributed by atoms with Crippen molar-refractivity contribution >= 4 is 23.9 Å². The van der Waals surface area contributed by atoms with Gasteiger partial charge in [0.25, 0.3) is 11.8 Å². The van der Waals surface area contributed by atoms with Gasteiger partial charge in [-0.3, -0.25) is 9.59 Å². The van der Waals surface area contributed by atoms with Gasteiger partial charge in [0.2, 0.25) is 0 Å². The van der Waals surface area contributed by atoms with Crippen molar-refractivity contribution < 1.29 is 28.8 Å². The van der Waals surface area contributed by atoms with Crippen molar-refractivity contribution in [2.45, 2.75) is 65.0 Å². The summed E-state index contributed by atoms with van der Waals surface area (Å²) in [4.78, 5) is 51.4. The lowest BCUT2D eigenvalue weighted by Crippen LogP contribution is -2.46. The summed E-state index contributed by atoms with van der Waals surface area (Å²) in [5, 5.41) is 2.85. The van der Waals surface area contributed by atoms with Gasteiger partial charge in [-0.2, -0.15) is 0 Å². The molecule has 1 heterocycles. The number of amides is 3. The normalized spacial score (nSPS) is 16.5. The average molecular weight is 314 g/mol. The molecule has 1 saturated heterocycles. The minimum absolute atomic E-state index is 0.0179. The predicted octanol–water partition coefficient (Wildman–Crippen LogP) is 1.29. The Morgan fingerprint density at radius 3 is 2.23 bits per heavy atom. The molecule has 0 aromatic heterocycles. The fourth-order valence-electron chi connectivity index (χ4n) is 1.80. The molecule has 1 atom stereocenters. The van der Waals surface area contributed by atoms with E-state index in [9.17, 15) is 19.2 Å². The molecule has 3 amide bonds. The smallest absolute Gasteiger partial charge is 0.408 e. The first-order valence-electron chi connectivity index (χ1n) is 7.21. The Morgan fingerprint density at radius 2 is 1.77 bits per heavy atom. The fourth-order valence-corrected chi connectivity index (χ4v) is 1.80. The predicted molar refractivity (Wildman–Crippen MR) is 75.2 cm³/mol. The van der Waals surface area contributed by atoms with Crippen molar-refractivity contribution in [2.24, 2.45) is 0 Å². The lowest BCUT2D eigenvalue weighted by atomic mass is 10.2. The minimum atomic E-state index is -0.985. The number of nitrogens with one attached hydrogen (secondary N) is 1. The zero-order valence-electron chi connectivity index (χ0n) is 13.3. The van der Waals surface area contributed by atoms with Gasteiger partial charge < -0.3 is 14.9 Å². The third kappa shape index (κ3) is 5.34. The Bertz CT molecular complexity index is 452. The maximum Gasteiger partial charge on any atom is 0.408 e. The largest absolute Gasteiger partial charge is 0.444 e. The van der Waals surface area contributed by atoms with Crippen LogP contribution in [0.4, 0.5) is 4.79 Å². The third-order valence-electron chi connectivity index (χ3n) is 2.74. The average Bonchev–Trinajstić information content (AvgIpc) is 2.67. The topological polar surface area (TPSA) is 102 Å². The molecular weight excluding hydrogens is 292 g/mol. The molecule has 1 unspecified atom stereocenters. The molecule has 1 aliphatic rings. The molecule has 1 N–H and O–H groups in total. The molecule has 0 aromatic carbocycles. The summed E-state index contributed by atoms with van der Waals surface area (Å²) >= 11 is 0. The second-order valence-corrected chi connectivity index (χ2v) is 5.98. The highest BCUT2D eigenvalue weighted by Crippen LogP contribution is 2.14. The van der Waals surface area contributed by atoms with Crippen LogP contribution in [0.2, 0.25) is 0 Å². The molecule has 8 nitrogen and oxygen atoms in total. The van der Waals surface area contributed by atoms with E-state index in [1.54, 1.807) is 20.8 Å². The van der Waals surface area contributed by atoms with E-state index >= 15 is 0 Å². The highest BCUT2D eigenvalue weighted by Gasteiger charge is 2.35. The van der Waals surface area contributed by atoms with Crippen molar-refractivity contribution in [1.82, 2.24) is 10.4 Å². The lowest BCUT2D eigenvalue weighted by Gasteiger charge is -2.23. The Kier molecular flexibility index (Phi) is 5.90. The first kappa shape index (κ1) is 17.9. The Balaban J connectivity index is 2.65. The molecule has 8 heteroatoms. The van der Waals surface area contributed by atoms with E-state index < -0.39 is 35.5 Å². The van der Waals surface area contributed by atoms with Crippen LogP contribution < -0.4 is 5.32 Å². The molecule has 1 aliphatic heterocycles. The van der Waals surface area contributed by atoms with Gasteiger partial charge in [-0.15, -0.1) is 5.06 Å². The molecule has 0 aromatic rings. The van der Waals surface area contributed by atoms with E-state index in [-0.39, 0.29) is 12.8 Å². The summed E-state index contributed by atoms with van der Waals surface area (Å²) in [5.41, 5.74) is -0.703. The molecule has 1 rings (SSSR count). The summed E-state index contributed by atoms with van der Waals surface area (Å²) in [6.45, 7) is 6.91. The van der Waals surface area contributed by atoms with Crippen molar-refractivity contribution in [3.8, 4) is 0 Å². The van der Waals surface area contributed by atoms with Crippen LogP contribution in [-0.4, -0.2) is 40.6 Å². The van der Waals surface area contributed by atoms with Crippen molar-refractivity contribution in [2.75, 3.05) is 0 Å². The molecule has 22 heavy (non-hydrogen) atoms. The van der Waals surface area contributed by atoms with Gasteiger partial charge in [-0.1, -0.05) is 13.3 Å². The quantitative estimate of drug-likeness (QED) is 0.767. The van der Waals surface area contributed by atoms with Crippen LogP contribution in [0.5, 0.6) is 0 Å². The first-order chi connectivity index (χ1) is 10.1. The van der Waals surface area contributed by atoms with Crippen LogP contribution in [0.25, 0.3) is 0 Å². The number of nitrogens with zero attached hydrogens (tertiary/aromatic N) is 1. The maximum atomic E-state index is 12.0. The Hall–Kier alpha value is -2.12. The van der Waals surface area contributed by atoms with Crippen molar-refractivity contribution in [3.05, 3.63) is 0 Å². The monoisotopic (exact) mass is 314 g/mol. The minimum Gasteiger partial charge on any atom is -0.444 e. The summed E-state index contributed by atoms with van der Waals surface area (Å²) in [6, 6.07) is -0.985. The molecule has 0 bridgehead atoms. The highest BCUT2D eigenvalue weighted by atomic mass is 16.7. The van der Waals surface area contributed by atoms with Crippen LogP contribution in [-0.2, 0) is 24.0 Å². The zero-order valence-corrected chi connectivity index (χ0v) is 13.3. The van der Waals surface area contributed by atoms with E-state index in [2.05, 4.69) is 5.32 Å². The van der Waals surface area contributed by atoms with Gasteiger partial charge in [0.15, 0.2) is 0 Å². The fraction of sp³-hybridized carbons (Fsp3) is 0.714. The van der Waals surface area contributed by atoms with Gasteiger partial charge in [-0.25, -0.2) is 9.59 Å². The zero-order chi connectivity index (χ0) is 16.9. The van der Waals surface area contributed by atoms with Crippen molar-refractivity contribution in [1.29, 1.82) is 0 Å². The SMILES string of the molecule is CCCC(NC(=O)OC(C)(C)C)C(=O)ON1C(=O)CCC1=O. The van der Waals surface area contributed by atoms with E-state index in [1.807, 2.05) is 6.92 Å². The van der Waals surface area contributed by atoms with E-state index in [0.29, 0.717) is 17.9 Å². The van der Waals surface area contributed by atoms with Gasteiger partial charge in [0, 0.05) is 12.8 Å². The number of hydrogen-bond acceptors (Lipinski definition) is 6. The number of alkyl carbamates (subject to hydrolysis) is 1. The number of ether oxygens (including phenoxy) is 1. The summed E-state index contributed by atoms with van der Waals surface area (Å²) in [5.74, 6) is -1.99. The first-order valence-corrected chi connectivity index (χ1v) is 7.21. The van der Waals surface area contributed by atoms with Crippen molar-refractivity contribution in [3.63, 3.8) is 0 Å². The molecular formula is C14H22N2O6. The molecule has 1 fully saturated rings. The van der Waals surface area contributed by atoms with Gasteiger partial charge >= 0.3 is 12.1 Å². The highest BCUT2D eigenvalue weighted by molar-refractivity contribution is 6.01. The number of imide groups is 1. The second kappa shape index (κ2) is 7.24. The van der Waals surface area contributed by atoms with Crippen LogP contribution in [0.15, 0.2) is 0 Å². The van der Waals surface area contributed by atoms with Crippen LogP contribution in [0, 0.1) is 0 Å². The Labute approximate surface area is 129 Å². The van der Waals surface area contributed by atoms with Gasteiger partial charge in [-0.05, 0) is 27.2 Å². The number of carbonyl (C=O) groups excluding carboxylic acids is 4. The summed E-state index contributed by atoms with van der Waals surface area (Å²) in [6.07, 6.45) is 0.168. The number of carbonyl (C=O) groups is 4. The van der Waals surface area contributed by atoms with Crippen LogP contribution >= 0.6 is 0 Å². The molecule has 0 aliphatic carbocycles. The van der Waals surface area contributed by atoms with E-state index in [1.165, 1.54) is 0 Å². The van der Waals surface area contributed by atoms with E-state index in [0.717, 1.165) is 0 Å². The Morgan fingerprint density at radius 1 is 1.23 bits per heavy atom.